The lowest BCUT2D eigenvalue weighted by Gasteiger charge is -2.09. The van der Waals surface area contributed by atoms with E-state index in [2.05, 4.69) is 4.98 Å². The molecule has 0 unspecified atom stereocenters. The largest absolute Gasteiger partial charge is 0.457 e. The number of hydrogen-bond donors (Lipinski definition) is 0. The summed E-state index contributed by atoms with van der Waals surface area (Å²) in [7, 11) is 3.15. The fraction of sp³-hybridized carbons (Fsp3) is 0.286. The number of fused-ring (bicyclic) bond motifs is 1. The molecule has 3 rings (SSSR count). The number of carbonyl (C=O) groups is 1. The Morgan fingerprint density at radius 3 is 2.90 bits per heavy atom. The van der Waals surface area contributed by atoms with Crippen molar-refractivity contribution in [1.82, 2.24) is 4.98 Å². The van der Waals surface area contributed by atoms with Crippen molar-refractivity contribution in [3.05, 3.63) is 40.4 Å². The number of cyclic esters (lactones) is 1. The minimum atomic E-state index is -0.459. The van der Waals surface area contributed by atoms with Gasteiger partial charge in [0.05, 0.1) is 5.56 Å². The Labute approximate surface area is 120 Å². The molecule has 20 heavy (non-hydrogen) atoms. The van der Waals surface area contributed by atoms with Gasteiger partial charge >= 0.3 is 5.97 Å². The van der Waals surface area contributed by atoms with E-state index in [4.69, 9.17) is 14.2 Å². The topological polar surface area (TPSA) is 57.7 Å². The molecule has 2 heterocycles. The molecule has 0 radical (unpaired) electrons. The predicted molar refractivity (Wildman–Crippen MR) is 73.4 cm³/mol. The van der Waals surface area contributed by atoms with Crippen LogP contribution >= 0.6 is 11.3 Å². The summed E-state index contributed by atoms with van der Waals surface area (Å²) in [6.07, 6.45) is -0.459. The average molecular weight is 291 g/mol. The smallest absolute Gasteiger partial charge is 0.338 e. The first-order valence-electron chi connectivity index (χ1n) is 6.04. The van der Waals surface area contributed by atoms with E-state index in [9.17, 15) is 4.79 Å². The van der Waals surface area contributed by atoms with E-state index in [0.29, 0.717) is 12.2 Å². The highest BCUT2D eigenvalue weighted by atomic mass is 32.1. The number of methoxy groups -OCH3 is 2. The molecule has 2 aromatic rings. The van der Waals surface area contributed by atoms with E-state index in [-0.39, 0.29) is 5.97 Å². The zero-order chi connectivity index (χ0) is 14.1. The molecule has 5 nitrogen and oxygen atoms in total. The normalized spacial score (nSPS) is 13.7. The molecular formula is C14H13NO4S. The number of esters is 1. The third kappa shape index (κ3) is 2.22. The van der Waals surface area contributed by atoms with E-state index >= 15 is 0 Å². The number of aromatic nitrogens is 1. The van der Waals surface area contributed by atoms with Crippen LogP contribution in [0.25, 0.3) is 10.6 Å². The van der Waals surface area contributed by atoms with Crippen molar-refractivity contribution in [2.45, 2.75) is 12.9 Å². The van der Waals surface area contributed by atoms with E-state index in [1.54, 1.807) is 20.3 Å². The van der Waals surface area contributed by atoms with E-state index in [1.807, 2.05) is 17.5 Å². The maximum atomic E-state index is 11.4. The van der Waals surface area contributed by atoms with Gasteiger partial charge in [0.15, 0.2) is 0 Å². The zero-order valence-corrected chi connectivity index (χ0v) is 11.9. The fourth-order valence-corrected chi connectivity index (χ4v) is 2.95. The summed E-state index contributed by atoms with van der Waals surface area (Å²) in [5, 5.41) is 2.77. The molecule has 0 bridgehead atoms. The van der Waals surface area contributed by atoms with Gasteiger partial charge in [-0.15, -0.1) is 11.3 Å². The summed E-state index contributed by atoms with van der Waals surface area (Å²) in [5.74, 6) is -0.259. The average Bonchev–Trinajstić information content (AvgIpc) is 3.08. The van der Waals surface area contributed by atoms with Crippen molar-refractivity contribution >= 4 is 17.3 Å². The van der Waals surface area contributed by atoms with Gasteiger partial charge in [0, 0.05) is 30.7 Å². The van der Waals surface area contributed by atoms with Crippen LogP contribution in [0.15, 0.2) is 23.6 Å². The van der Waals surface area contributed by atoms with Crippen molar-refractivity contribution in [3.63, 3.8) is 0 Å². The Kier molecular flexibility index (Phi) is 3.52. The number of thiazole rings is 1. The lowest BCUT2D eigenvalue weighted by atomic mass is 10.1. The summed E-state index contributed by atoms with van der Waals surface area (Å²) in [6.45, 7) is 0.332. The number of ether oxygens (including phenoxy) is 3. The first-order valence-corrected chi connectivity index (χ1v) is 6.92. The Morgan fingerprint density at radius 1 is 1.35 bits per heavy atom. The Hall–Kier alpha value is -1.76. The number of nitrogens with zero attached hydrogens (tertiary/aromatic N) is 1. The van der Waals surface area contributed by atoms with Crippen LogP contribution in [-0.4, -0.2) is 25.2 Å². The van der Waals surface area contributed by atoms with Crippen molar-refractivity contribution in [1.29, 1.82) is 0 Å². The maximum absolute atomic E-state index is 11.4. The number of rotatable bonds is 4. The molecule has 0 saturated carbocycles. The summed E-state index contributed by atoms with van der Waals surface area (Å²) in [6, 6.07) is 5.60. The Balaban J connectivity index is 1.92. The van der Waals surface area contributed by atoms with Gasteiger partial charge in [0.1, 0.15) is 17.3 Å². The Morgan fingerprint density at radius 2 is 2.15 bits per heavy atom. The van der Waals surface area contributed by atoms with Crippen LogP contribution in [0.4, 0.5) is 0 Å². The van der Waals surface area contributed by atoms with Gasteiger partial charge in [0.2, 0.25) is 6.29 Å². The molecule has 1 aliphatic rings. The van der Waals surface area contributed by atoms with Crippen LogP contribution in [0.3, 0.4) is 0 Å². The standard InChI is InChI=1S/C14H13NO4S/c1-17-14(18-2)11-7-20-12(15-11)8-3-4-10-9(5-8)6-19-13(10)16/h3-5,7,14H,6H2,1-2H3. The SMILES string of the molecule is COC(OC)c1csc(-c2ccc3c(c2)COC3=O)n1. The van der Waals surface area contributed by atoms with Crippen LogP contribution in [0, 0.1) is 0 Å². The zero-order valence-electron chi connectivity index (χ0n) is 11.1. The summed E-state index contributed by atoms with van der Waals surface area (Å²) in [5.41, 5.74) is 3.24. The fourth-order valence-electron chi connectivity index (χ4n) is 2.13. The molecule has 0 amide bonds. The quantitative estimate of drug-likeness (QED) is 0.640. The van der Waals surface area contributed by atoms with Gasteiger partial charge in [-0.25, -0.2) is 9.78 Å². The van der Waals surface area contributed by atoms with E-state index in [1.165, 1.54) is 11.3 Å². The van der Waals surface area contributed by atoms with Gasteiger partial charge in [-0.2, -0.15) is 0 Å². The van der Waals surface area contributed by atoms with Crippen molar-refractivity contribution < 1.29 is 19.0 Å². The first kappa shape index (κ1) is 13.2. The molecule has 1 aromatic carbocycles. The third-order valence-corrected chi connectivity index (χ3v) is 4.03. The minimum absolute atomic E-state index is 0.259. The van der Waals surface area contributed by atoms with Crippen molar-refractivity contribution in [3.8, 4) is 10.6 Å². The third-order valence-electron chi connectivity index (χ3n) is 3.12. The number of hydrogen-bond acceptors (Lipinski definition) is 6. The number of carbonyl (C=O) groups excluding carboxylic acids is 1. The maximum Gasteiger partial charge on any atom is 0.338 e. The molecule has 0 N–H and O–H groups in total. The molecule has 0 aliphatic carbocycles. The molecule has 0 fully saturated rings. The highest BCUT2D eigenvalue weighted by Gasteiger charge is 2.22. The van der Waals surface area contributed by atoms with Crippen molar-refractivity contribution in [2.24, 2.45) is 0 Å². The predicted octanol–water partition coefficient (Wildman–Crippen LogP) is 2.77. The van der Waals surface area contributed by atoms with Crippen LogP contribution in [-0.2, 0) is 20.8 Å². The van der Waals surface area contributed by atoms with Gasteiger partial charge in [-0.1, -0.05) is 6.07 Å². The van der Waals surface area contributed by atoms with Gasteiger partial charge in [-0.3, -0.25) is 0 Å². The Bertz CT molecular complexity index is 648. The second-order valence-electron chi connectivity index (χ2n) is 4.33. The lowest BCUT2D eigenvalue weighted by Crippen LogP contribution is -2.03. The number of benzene rings is 1. The summed E-state index contributed by atoms with van der Waals surface area (Å²) >= 11 is 1.51. The van der Waals surface area contributed by atoms with E-state index in [0.717, 1.165) is 21.8 Å². The lowest BCUT2D eigenvalue weighted by molar-refractivity contribution is -0.108. The first-order chi connectivity index (χ1) is 9.72. The molecule has 0 saturated heterocycles. The minimum Gasteiger partial charge on any atom is -0.457 e. The highest BCUT2D eigenvalue weighted by Crippen LogP contribution is 2.31. The highest BCUT2D eigenvalue weighted by molar-refractivity contribution is 7.13. The van der Waals surface area contributed by atoms with Gasteiger partial charge in [0.25, 0.3) is 0 Å². The molecule has 6 heteroatoms. The molecule has 0 atom stereocenters. The van der Waals surface area contributed by atoms with Crippen LogP contribution < -0.4 is 0 Å². The van der Waals surface area contributed by atoms with Gasteiger partial charge < -0.3 is 14.2 Å². The summed E-state index contributed by atoms with van der Waals surface area (Å²) < 4.78 is 15.4. The second-order valence-corrected chi connectivity index (χ2v) is 5.19. The van der Waals surface area contributed by atoms with Gasteiger partial charge in [-0.05, 0) is 12.1 Å². The molecule has 1 aromatic heterocycles. The summed E-state index contributed by atoms with van der Waals surface area (Å²) in [4.78, 5) is 15.9. The van der Waals surface area contributed by atoms with E-state index < -0.39 is 6.29 Å². The van der Waals surface area contributed by atoms with Crippen molar-refractivity contribution in [2.75, 3.05) is 14.2 Å². The van der Waals surface area contributed by atoms with Crippen LogP contribution in [0.1, 0.15) is 27.9 Å². The molecule has 0 spiro atoms. The molecular weight excluding hydrogens is 278 g/mol. The second kappa shape index (κ2) is 5.32. The van der Waals surface area contributed by atoms with Crippen LogP contribution in [0.2, 0.25) is 0 Å². The van der Waals surface area contributed by atoms with Crippen LogP contribution in [0.5, 0.6) is 0 Å². The molecule has 104 valence electrons. The molecule has 1 aliphatic heterocycles. The monoisotopic (exact) mass is 291 g/mol.